The molecular weight excluding hydrogens is 276 g/mol. The van der Waals surface area contributed by atoms with Gasteiger partial charge in [-0.2, -0.15) is 0 Å². The van der Waals surface area contributed by atoms with Crippen LogP contribution in [-0.4, -0.2) is 27.2 Å². The minimum absolute atomic E-state index is 0.274. The van der Waals surface area contributed by atoms with Crippen molar-refractivity contribution >= 4 is 10.0 Å². The third-order valence-electron chi connectivity index (χ3n) is 3.83. The fraction of sp³-hybridized carbons (Fsp3) is 0.571. The molecule has 0 aromatic heterocycles. The first-order valence-electron chi connectivity index (χ1n) is 6.78. The van der Waals surface area contributed by atoms with Crippen LogP contribution in [0.5, 0.6) is 0 Å². The second kappa shape index (κ2) is 5.81. The van der Waals surface area contributed by atoms with Crippen LogP contribution in [0.3, 0.4) is 0 Å². The van der Waals surface area contributed by atoms with E-state index in [0.29, 0.717) is 32.6 Å². The Kier molecular flexibility index (Phi) is 4.49. The van der Waals surface area contributed by atoms with Gasteiger partial charge in [0.2, 0.25) is 10.0 Å². The van der Waals surface area contributed by atoms with E-state index in [9.17, 15) is 8.42 Å². The minimum atomic E-state index is -3.53. The van der Waals surface area contributed by atoms with Crippen molar-refractivity contribution in [3.63, 3.8) is 0 Å². The molecule has 20 heavy (non-hydrogen) atoms. The average molecular weight is 298 g/mol. The molecular formula is C14H22N2O3S. The van der Waals surface area contributed by atoms with Crippen molar-refractivity contribution in [1.82, 2.24) is 4.72 Å². The molecule has 1 aliphatic heterocycles. The molecule has 0 bridgehead atoms. The van der Waals surface area contributed by atoms with Crippen LogP contribution in [0.25, 0.3) is 0 Å². The second-order valence-corrected chi connectivity index (χ2v) is 7.25. The Morgan fingerprint density at radius 2 is 2.00 bits per heavy atom. The summed E-state index contributed by atoms with van der Waals surface area (Å²) >= 11 is 0. The number of nitrogens with one attached hydrogen (secondary N) is 1. The van der Waals surface area contributed by atoms with Gasteiger partial charge in [-0.1, -0.05) is 6.07 Å². The van der Waals surface area contributed by atoms with E-state index in [4.69, 9.17) is 10.5 Å². The Morgan fingerprint density at radius 3 is 2.60 bits per heavy atom. The summed E-state index contributed by atoms with van der Waals surface area (Å²) < 4.78 is 33.1. The zero-order valence-corrected chi connectivity index (χ0v) is 12.8. The Hall–Kier alpha value is -0.950. The predicted octanol–water partition coefficient (Wildman–Crippen LogP) is 1.30. The Morgan fingerprint density at radius 1 is 1.35 bits per heavy atom. The van der Waals surface area contributed by atoms with Crippen LogP contribution in [0, 0.1) is 6.92 Å². The maximum Gasteiger partial charge on any atom is 0.241 e. The molecule has 1 aliphatic rings. The molecule has 0 radical (unpaired) electrons. The van der Waals surface area contributed by atoms with Gasteiger partial charge in [-0.3, -0.25) is 0 Å². The zero-order valence-electron chi connectivity index (χ0n) is 12.0. The zero-order chi connectivity index (χ0) is 14.8. The van der Waals surface area contributed by atoms with Gasteiger partial charge in [-0.25, -0.2) is 13.1 Å². The number of rotatable bonds is 4. The van der Waals surface area contributed by atoms with Crippen molar-refractivity contribution in [3.8, 4) is 0 Å². The van der Waals surface area contributed by atoms with E-state index >= 15 is 0 Å². The van der Waals surface area contributed by atoms with Crippen molar-refractivity contribution in [1.29, 1.82) is 0 Å². The minimum Gasteiger partial charge on any atom is -0.381 e. The highest BCUT2D eigenvalue weighted by atomic mass is 32.2. The SMILES string of the molecule is Cc1ccc(S(=O)(=O)NC2(C)CCOCC2)cc1CN. The molecule has 3 N–H and O–H groups in total. The number of hydrogen-bond donors (Lipinski definition) is 2. The summed E-state index contributed by atoms with van der Waals surface area (Å²) in [6.45, 7) is 5.35. The van der Waals surface area contributed by atoms with E-state index in [2.05, 4.69) is 4.72 Å². The summed E-state index contributed by atoms with van der Waals surface area (Å²) in [5, 5.41) is 0. The van der Waals surface area contributed by atoms with Gasteiger partial charge in [-0.05, 0) is 49.9 Å². The number of aryl methyl sites for hydroxylation is 1. The van der Waals surface area contributed by atoms with Crippen LogP contribution in [0.1, 0.15) is 30.9 Å². The monoisotopic (exact) mass is 298 g/mol. The van der Waals surface area contributed by atoms with Gasteiger partial charge in [0.1, 0.15) is 0 Å². The standard InChI is InChI=1S/C14H22N2O3S/c1-11-3-4-13(9-12(11)10-15)20(17,18)16-14(2)5-7-19-8-6-14/h3-4,9,16H,5-8,10,15H2,1-2H3. The lowest BCUT2D eigenvalue weighted by Crippen LogP contribution is -2.49. The lowest BCUT2D eigenvalue weighted by Gasteiger charge is -2.34. The van der Waals surface area contributed by atoms with Crippen LogP contribution < -0.4 is 10.5 Å². The lowest BCUT2D eigenvalue weighted by atomic mass is 9.94. The summed E-state index contributed by atoms with van der Waals surface area (Å²) in [5.41, 5.74) is 7.06. The summed E-state index contributed by atoms with van der Waals surface area (Å²) in [6.07, 6.45) is 1.36. The van der Waals surface area contributed by atoms with E-state index in [1.165, 1.54) is 0 Å². The van der Waals surface area contributed by atoms with E-state index in [1.807, 2.05) is 13.8 Å². The molecule has 112 valence electrons. The molecule has 1 saturated heterocycles. The van der Waals surface area contributed by atoms with E-state index in [1.54, 1.807) is 18.2 Å². The van der Waals surface area contributed by atoms with Gasteiger partial charge >= 0.3 is 0 Å². The summed E-state index contributed by atoms with van der Waals surface area (Å²) in [4.78, 5) is 0.274. The van der Waals surface area contributed by atoms with E-state index in [-0.39, 0.29) is 4.90 Å². The molecule has 0 aliphatic carbocycles. The van der Waals surface area contributed by atoms with Crippen LogP contribution in [0.4, 0.5) is 0 Å². The Bertz CT molecular complexity index is 578. The normalized spacial score (nSPS) is 18.9. The first-order chi connectivity index (χ1) is 9.36. The molecule has 6 heteroatoms. The van der Waals surface area contributed by atoms with Crippen molar-refractivity contribution in [3.05, 3.63) is 29.3 Å². The number of nitrogens with two attached hydrogens (primary N) is 1. The molecule has 1 fully saturated rings. The first-order valence-corrected chi connectivity index (χ1v) is 8.26. The quantitative estimate of drug-likeness (QED) is 0.878. The third-order valence-corrected chi connectivity index (χ3v) is 5.46. The van der Waals surface area contributed by atoms with Crippen molar-refractivity contribution in [2.45, 2.75) is 43.7 Å². The Labute approximate surface area is 120 Å². The summed E-state index contributed by atoms with van der Waals surface area (Å²) in [7, 11) is -3.53. The molecule has 0 amide bonds. The molecule has 0 saturated carbocycles. The topological polar surface area (TPSA) is 81.4 Å². The number of ether oxygens (including phenoxy) is 1. The number of hydrogen-bond acceptors (Lipinski definition) is 4. The highest BCUT2D eigenvalue weighted by Gasteiger charge is 2.32. The number of benzene rings is 1. The van der Waals surface area contributed by atoms with Gasteiger partial charge < -0.3 is 10.5 Å². The van der Waals surface area contributed by atoms with E-state index in [0.717, 1.165) is 11.1 Å². The maximum atomic E-state index is 12.5. The van der Waals surface area contributed by atoms with E-state index < -0.39 is 15.6 Å². The summed E-state index contributed by atoms with van der Waals surface area (Å²) in [6, 6.07) is 5.07. The average Bonchev–Trinajstić information content (AvgIpc) is 2.38. The largest absolute Gasteiger partial charge is 0.381 e. The molecule has 5 nitrogen and oxygen atoms in total. The van der Waals surface area contributed by atoms with Crippen LogP contribution in [0.2, 0.25) is 0 Å². The van der Waals surface area contributed by atoms with Gasteiger partial charge in [0, 0.05) is 25.3 Å². The highest BCUT2D eigenvalue weighted by molar-refractivity contribution is 7.89. The first kappa shape index (κ1) is 15.4. The fourth-order valence-corrected chi connectivity index (χ4v) is 3.86. The van der Waals surface area contributed by atoms with Gasteiger partial charge in [0.25, 0.3) is 0 Å². The molecule has 0 unspecified atom stereocenters. The lowest BCUT2D eigenvalue weighted by molar-refractivity contribution is 0.0537. The molecule has 1 aromatic rings. The third kappa shape index (κ3) is 3.38. The Balaban J connectivity index is 2.26. The van der Waals surface area contributed by atoms with Crippen molar-refractivity contribution in [2.24, 2.45) is 5.73 Å². The van der Waals surface area contributed by atoms with Crippen molar-refractivity contribution in [2.75, 3.05) is 13.2 Å². The van der Waals surface area contributed by atoms with Gasteiger partial charge in [-0.15, -0.1) is 0 Å². The van der Waals surface area contributed by atoms with Crippen LogP contribution >= 0.6 is 0 Å². The highest BCUT2D eigenvalue weighted by Crippen LogP contribution is 2.23. The smallest absolute Gasteiger partial charge is 0.241 e. The van der Waals surface area contributed by atoms with Crippen LogP contribution in [-0.2, 0) is 21.3 Å². The molecule has 0 atom stereocenters. The second-order valence-electron chi connectivity index (χ2n) is 5.57. The molecule has 2 rings (SSSR count). The number of sulfonamides is 1. The van der Waals surface area contributed by atoms with Crippen molar-refractivity contribution < 1.29 is 13.2 Å². The molecule has 1 heterocycles. The molecule has 1 aromatic carbocycles. The maximum absolute atomic E-state index is 12.5. The summed E-state index contributed by atoms with van der Waals surface area (Å²) in [5.74, 6) is 0. The van der Waals surface area contributed by atoms with Gasteiger partial charge in [0.05, 0.1) is 4.90 Å². The van der Waals surface area contributed by atoms with Crippen LogP contribution in [0.15, 0.2) is 23.1 Å². The van der Waals surface area contributed by atoms with Gasteiger partial charge in [0.15, 0.2) is 0 Å². The predicted molar refractivity (Wildman–Crippen MR) is 77.8 cm³/mol. The fourth-order valence-electron chi connectivity index (χ4n) is 2.34. The molecule has 0 spiro atoms.